The molecule has 10 heteroatoms. The van der Waals surface area contributed by atoms with Crippen LogP contribution in [0.25, 0.3) is 6.08 Å². The van der Waals surface area contributed by atoms with Crippen molar-refractivity contribution in [2.75, 3.05) is 25.2 Å². The van der Waals surface area contributed by atoms with Gasteiger partial charge in [-0.15, -0.1) is 0 Å². The van der Waals surface area contributed by atoms with Crippen molar-refractivity contribution in [3.63, 3.8) is 0 Å². The van der Waals surface area contributed by atoms with Gasteiger partial charge in [-0.05, 0) is 101 Å². The molecule has 1 N–H and O–H groups in total. The van der Waals surface area contributed by atoms with Crippen molar-refractivity contribution in [2.24, 2.45) is 0 Å². The average molecular weight is 719 g/mol. The van der Waals surface area contributed by atoms with E-state index < -0.39 is 17.8 Å². The fourth-order valence-corrected chi connectivity index (χ4v) is 5.09. The van der Waals surface area contributed by atoms with Gasteiger partial charge in [0.05, 0.1) is 16.4 Å². The summed E-state index contributed by atoms with van der Waals surface area (Å²) in [5.41, 5.74) is 1.98. The number of nitrogens with zero attached hydrogens (tertiary/aromatic N) is 1. The van der Waals surface area contributed by atoms with E-state index in [2.05, 4.69) is 69.8 Å². The maximum atomic E-state index is 13.2. The second kappa shape index (κ2) is 13.3. The Hall–Kier alpha value is -3.38. The normalized spacial score (nSPS) is 15.2. The summed E-state index contributed by atoms with van der Waals surface area (Å²) >= 11 is 5.44. The van der Waals surface area contributed by atoms with Crippen molar-refractivity contribution in [3.8, 4) is 17.2 Å². The van der Waals surface area contributed by atoms with Gasteiger partial charge in [-0.2, -0.15) is 0 Å². The molecule has 8 nitrogen and oxygen atoms in total. The molecule has 40 heavy (non-hydrogen) atoms. The van der Waals surface area contributed by atoms with Gasteiger partial charge in [0.15, 0.2) is 11.5 Å². The van der Waals surface area contributed by atoms with Gasteiger partial charge >= 0.3 is 6.03 Å². The second-order valence-electron chi connectivity index (χ2n) is 9.04. The maximum absolute atomic E-state index is 13.2. The van der Waals surface area contributed by atoms with Crippen LogP contribution in [0.4, 0.5) is 10.5 Å². The van der Waals surface area contributed by atoms with Crippen LogP contribution >= 0.6 is 38.5 Å². The minimum absolute atomic E-state index is 0.179. The van der Waals surface area contributed by atoms with E-state index in [1.54, 1.807) is 36.4 Å². The van der Waals surface area contributed by atoms with E-state index in [1.165, 1.54) is 18.7 Å². The number of amides is 4. The number of methoxy groups -OCH3 is 1. The molecule has 0 radical (unpaired) electrons. The van der Waals surface area contributed by atoms with E-state index in [0.717, 1.165) is 21.5 Å². The zero-order valence-corrected chi connectivity index (χ0v) is 25.9. The van der Waals surface area contributed by atoms with E-state index in [-0.39, 0.29) is 12.2 Å². The minimum atomic E-state index is -0.806. The molecular formula is C30H28BrIN2O6. The number of halogens is 2. The predicted molar refractivity (Wildman–Crippen MR) is 165 cm³/mol. The first kappa shape index (κ1) is 29.6. The molecule has 1 saturated heterocycles. The molecule has 1 atom stereocenters. The quantitative estimate of drug-likeness (QED) is 0.109. The Bertz CT molecular complexity index is 1440. The number of rotatable bonds is 10. The van der Waals surface area contributed by atoms with Crippen LogP contribution in [-0.4, -0.2) is 38.2 Å². The summed E-state index contributed by atoms with van der Waals surface area (Å²) in [5.74, 6) is 0.731. The van der Waals surface area contributed by atoms with Gasteiger partial charge < -0.3 is 14.2 Å². The predicted octanol–water partition coefficient (Wildman–Crippen LogP) is 6.70. The fourth-order valence-electron chi connectivity index (χ4n) is 4.04. The highest BCUT2D eigenvalue weighted by Crippen LogP contribution is 2.35. The van der Waals surface area contributed by atoms with E-state index >= 15 is 0 Å². The Morgan fingerprint density at radius 2 is 1.68 bits per heavy atom. The fraction of sp³-hybridized carbons (Fsp3) is 0.233. The zero-order chi connectivity index (χ0) is 28.8. The number of carbonyl (C=O) groups is 3. The topological polar surface area (TPSA) is 94.2 Å². The van der Waals surface area contributed by atoms with E-state index in [4.69, 9.17) is 14.2 Å². The van der Waals surface area contributed by atoms with E-state index in [9.17, 15) is 14.4 Å². The zero-order valence-electron chi connectivity index (χ0n) is 22.2. The molecule has 4 amide bonds. The van der Waals surface area contributed by atoms with Crippen LogP contribution in [0.3, 0.4) is 0 Å². The van der Waals surface area contributed by atoms with Gasteiger partial charge in [-0.25, -0.2) is 9.69 Å². The highest BCUT2D eigenvalue weighted by molar-refractivity contribution is 14.1. The molecule has 0 aromatic heterocycles. The van der Waals surface area contributed by atoms with Gasteiger partial charge in [0.25, 0.3) is 11.8 Å². The van der Waals surface area contributed by atoms with Crippen molar-refractivity contribution in [1.29, 1.82) is 0 Å². The van der Waals surface area contributed by atoms with Crippen molar-refractivity contribution >= 4 is 68.1 Å². The third kappa shape index (κ3) is 6.84. The van der Waals surface area contributed by atoms with Crippen molar-refractivity contribution in [2.45, 2.75) is 26.2 Å². The molecule has 208 valence electrons. The van der Waals surface area contributed by atoms with E-state index in [0.29, 0.717) is 38.8 Å². The smallest absolute Gasteiger partial charge is 0.335 e. The Kier molecular flexibility index (Phi) is 9.85. The summed E-state index contributed by atoms with van der Waals surface area (Å²) in [6.07, 6.45) is 2.51. The third-order valence-corrected chi connectivity index (χ3v) is 7.74. The van der Waals surface area contributed by atoms with Crippen LogP contribution in [0.15, 0.2) is 70.7 Å². The van der Waals surface area contributed by atoms with Crippen molar-refractivity contribution < 1.29 is 28.6 Å². The molecule has 0 spiro atoms. The number of benzene rings is 3. The van der Waals surface area contributed by atoms with Gasteiger partial charge in [0.1, 0.15) is 24.5 Å². The number of nitrogens with one attached hydrogen (secondary N) is 1. The van der Waals surface area contributed by atoms with E-state index in [1.807, 2.05) is 12.1 Å². The van der Waals surface area contributed by atoms with Crippen molar-refractivity contribution in [1.82, 2.24) is 5.32 Å². The number of carbonyl (C=O) groups excluding carboxylic acids is 3. The molecule has 1 fully saturated rings. The molecule has 4 rings (SSSR count). The molecule has 1 aliphatic heterocycles. The summed E-state index contributed by atoms with van der Waals surface area (Å²) in [6, 6.07) is 17.3. The average Bonchev–Trinajstić information content (AvgIpc) is 2.94. The molecule has 3 aromatic carbocycles. The Morgan fingerprint density at radius 3 is 2.33 bits per heavy atom. The minimum Gasteiger partial charge on any atom is -0.493 e. The summed E-state index contributed by atoms with van der Waals surface area (Å²) in [6.45, 7) is 4.98. The number of hydrogen-bond donors (Lipinski definition) is 1. The lowest BCUT2D eigenvalue weighted by Gasteiger charge is -2.26. The molecule has 0 saturated carbocycles. The van der Waals surface area contributed by atoms with Gasteiger partial charge in [0.2, 0.25) is 0 Å². The highest BCUT2D eigenvalue weighted by Gasteiger charge is 2.36. The second-order valence-corrected chi connectivity index (χ2v) is 11.1. The lowest BCUT2D eigenvalue weighted by Crippen LogP contribution is -2.54. The number of urea groups is 1. The molecule has 1 heterocycles. The van der Waals surface area contributed by atoms with Crippen LogP contribution in [0.5, 0.6) is 17.2 Å². The molecule has 1 unspecified atom stereocenters. The van der Waals surface area contributed by atoms with Gasteiger partial charge in [-0.1, -0.05) is 41.9 Å². The summed E-state index contributed by atoms with van der Waals surface area (Å²) in [4.78, 5) is 39.2. The SMILES string of the molecule is CCC(C)c1ccc(OCCOc2c(I)cc(C=C3C(=O)NC(=O)N(c4ccc(Br)cc4)C3=O)cc2OC)cc1. The van der Waals surface area contributed by atoms with Crippen LogP contribution in [0.2, 0.25) is 0 Å². The number of ether oxygens (including phenoxy) is 3. The first-order chi connectivity index (χ1) is 19.2. The highest BCUT2D eigenvalue weighted by atomic mass is 127. The van der Waals surface area contributed by atoms with Crippen LogP contribution in [0.1, 0.15) is 37.3 Å². The Morgan fingerprint density at radius 1 is 1.00 bits per heavy atom. The number of hydrogen-bond acceptors (Lipinski definition) is 6. The molecule has 0 aliphatic carbocycles. The lowest BCUT2D eigenvalue weighted by molar-refractivity contribution is -0.122. The molecule has 0 bridgehead atoms. The standard InChI is InChI=1S/C30H28BrIN2O6/c1-4-18(2)20-5-11-23(12-6-20)39-13-14-40-27-25(32)16-19(17-26(27)38-3)15-24-28(35)33-30(37)34(29(24)36)22-9-7-21(31)8-10-22/h5-12,15-18H,4,13-14H2,1-3H3,(H,33,35,37). The maximum Gasteiger partial charge on any atom is 0.335 e. The monoisotopic (exact) mass is 718 g/mol. The van der Waals surface area contributed by atoms with Crippen LogP contribution < -0.4 is 24.4 Å². The summed E-state index contributed by atoms with van der Waals surface area (Å²) in [7, 11) is 1.51. The number of imide groups is 2. The Balaban J connectivity index is 1.47. The lowest BCUT2D eigenvalue weighted by atomic mass is 9.99. The largest absolute Gasteiger partial charge is 0.493 e. The number of anilines is 1. The molecular weight excluding hydrogens is 691 g/mol. The molecule has 3 aromatic rings. The number of barbiturate groups is 1. The van der Waals surface area contributed by atoms with Crippen LogP contribution in [0, 0.1) is 3.57 Å². The van der Waals surface area contributed by atoms with Gasteiger partial charge in [-0.3, -0.25) is 14.9 Å². The van der Waals surface area contributed by atoms with Gasteiger partial charge in [0, 0.05) is 4.47 Å². The van der Waals surface area contributed by atoms with Crippen molar-refractivity contribution in [3.05, 3.63) is 85.4 Å². The summed E-state index contributed by atoms with van der Waals surface area (Å²) < 4.78 is 18.8. The summed E-state index contributed by atoms with van der Waals surface area (Å²) in [5, 5.41) is 2.23. The first-order valence-electron chi connectivity index (χ1n) is 12.6. The van der Waals surface area contributed by atoms with Crippen LogP contribution in [-0.2, 0) is 9.59 Å². The first-order valence-corrected chi connectivity index (χ1v) is 14.5. The Labute approximate surface area is 254 Å². The third-order valence-electron chi connectivity index (χ3n) is 6.41. The molecule has 1 aliphatic rings.